The van der Waals surface area contributed by atoms with Crippen molar-refractivity contribution < 1.29 is 33.4 Å². The van der Waals surface area contributed by atoms with E-state index >= 15 is 0 Å². The molecule has 11 heteroatoms. The van der Waals surface area contributed by atoms with E-state index in [-0.39, 0.29) is 19.6 Å². The van der Waals surface area contributed by atoms with Crippen LogP contribution in [-0.2, 0) is 28.7 Å². The molecule has 4 N–H and O–H groups in total. The Hall–Kier alpha value is -4.07. The number of carbonyl (C=O) groups is 5. The van der Waals surface area contributed by atoms with Crippen LogP contribution in [0.2, 0.25) is 0 Å². The van der Waals surface area contributed by atoms with Crippen LogP contribution in [0.5, 0.6) is 0 Å². The first-order valence-corrected chi connectivity index (χ1v) is 14.2. The van der Waals surface area contributed by atoms with Crippen molar-refractivity contribution in [3.05, 3.63) is 35.4 Å². The molecule has 0 aliphatic rings. The minimum atomic E-state index is -1.40. The first-order valence-electron chi connectivity index (χ1n) is 14.2. The largest absolute Gasteiger partial charge is 0.466 e. The molecule has 0 fully saturated rings. The van der Waals surface area contributed by atoms with Crippen molar-refractivity contribution in [3.8, 4) is 12.3 Å². The maximum Gasteiger partial charge on any atom is 0.408 e. The summed E-state index contributed by atoms with van der Waals surface area (Å²) in [6.07, 6.45) is 5.29. The van der Waals surface area contributed by atoms with Crippen LogP contribution in [0.25, 0.3) is 0 Å². The van der Waals surface area contributed by atoms with Gasteiger partial charge in [0.25, 0.3) is 0 Å². The molecule has 0 saturated carbocycles. The number of rotatable bonds is 15. The van der Waals surface area contributed by atoms with Gasteiger partial charge in [-0.1, -0.05) is 31.9 Å². The number of amides is 4. The molecule has 232 valence electrons. The summed E-state index contributed by atoms with van der Waals surface area (Å²) in [6, 6.07) is 3.48. The third-order valence-electron chi connectivity index (χ3n) is 6.14. The normalized spacial score (nSPS) is 13.2. The molecule has 0 radical (unpaired) electrons. The van der Waals surface area contributed by atoms with Gasteiger partial charge in [-0.2, -0.15) is 0 Å². The zero-order valence-electron chi connectivity index (χ0n) is 25.8. The molecule has 1 aromatic carbocycles. The van der Waals surface area contributed by atoms with Crippen LogP contribution in [0.1, 0.15) is 91.3 Å². The lowest BCUT2D eigenvalue weighted by molar-refractivity contribution is -0.146. The van der Waals surface area contributed by atoms with Gasteiger partial charge in [0, 0.05) is 18.2 Å². The third-order valence-corrected chi connectivity index (χ3v) is 6.14. The van der Waals surface area contributed by atoms with E-state index in [1.165, 1.54) is 4.90 Å². The molecule has 1 aromatic rings. The summed E-state index contributed by atoms with van der Waals surface area (Å²) >= 11 is 0. The van der Waals surface area contributed by atoms with Crippen LogP contribution < -0.4 is 16.4 Å². The van der Waals surface area contributed by atoms with Crippen LogP contribution in [0.15, 0.2) is 24.3 Å². The van der Waals surface area contributed by atoms with E-state index in [1.54, 1.807) is 58.9 Å². The van der Waals surface area contributed by atoms with Gasteiger partial charge in [-0.05, 0) is 71.1 Å². The maximum absolute atomic E-state index is 14.2. The number of terminal acetylenes is 1. The highest BCUT2D eigenvalue weighted by molar-refractivity contribution is 5.94. The van der Waals surface area contributed by atoms with E-state index in [1.807, 2.05) is 13.8 Å². The highest BCUT2D eigenvalue weighted by Gasteiger charge is 2.39. The molecule has 42 heavy (non-hydrogen) atoms. The number of benzene rings is 1. The Morgan fingerprint density at radius 1 is 1.05 bits per heavy atom. The SMILES string of the molecule is C#Cc1ccc(C(C(=O)NCCC(=O)OCC)N(C(=O)C(CC(N)=O)NC(=O)OC(C)(C)C)C(C)CCC(C)C)cc1. The van der Waals surface area contributed by atoms with Gasteiger partial charge in [-0.3, -0.25) is 19.2 Å². The highest BCUT2D eigenvalue weighted by atomic mass is 16.6. The fourth-order valence-corrected chi connectivity index (χ4v) is 4.16. The number of hydrogen-bond donors (Lipinski definition) is 3. The summed E-state index contributed by atoms with van der Waals surface area (Å²) in [6.45, 7) is 12.7. The predicted molar refractivity (Wildman–Crippen MR) is 159 cm³/mol. The first-order chi connectivity index (χ1) is 19.6. The Balaban J connectivity index is 3.61. The van der Waals surface area contributed by atoms with Gasteiger partial charge in [-0.15, -0.1) is 6.42 Å². The van der Waals surface area contributed by atoms with Gasteiger partial charge >= 0.3 is 12.1 Å². The van der Waals surface area contributed by atoms with Gasteiger partial charge in [0.05, 0.1) is 19.4 Å². The monoisotopic (exact) mass is 586 g/mol. The summed E-state index contributed by atoms with van der Waals surface area (Å²) in [5, 5.41) is 5.20. The number of nitrogens with one attached hydrogen (secondary N) is 2. The number of ether oxygens (including phenoxy) is 2. The standard InChI is InChI=1S/C31H46N4O7/c1-9-22-13-15-23(16-14-22)27(28(38)33-18-17-26(37)41-10-2)35(21(5)12-11-20(3)4)29(39)24(19-25(32)36)34-30(40)42-31(6,7)8/h1,13-16,20-21,24,27H,10-12,17-19H2,2-8H3,(H2,32,36)(H,33,38)(H,34,40). The van der Waals surface area contributed by atoms with Crippen molar-refractivity contribution in [2.45, 2.75) is 97.9 Å². The number of hydrogen-bond acceptors (Lipinski definition) is 7. The molecule has 0 aliphatic heterocycles. The quantitative estimate of drug-likeness (QED) is 0.210. The smallest absolute Gasteiger partial charge is 0.408 e. The second-order valence-corrected chi connectivity index (χ2v) is 11.4. The Bertz CT molecular complexity index is 1120. The Morgan fingerprint density at radius 3 is 2.17 bits per heavy atom. The van der Waals surface area contributed by atoms with Crippen molar-refractivity contribution in [3.63, 3.8) is 0 Å². The zero-order chi connectivity index (χ0) is 32.0. The van der Waals surface area contributed by atoms with Gasteiger partial charge in [0.1, 0.15) is 17.7 Å². The van der Waals surface area contributed by atoms with Crippen molar-refractivity contribution in [1.82, 2.24) is 15.5 Å². The highest BCUT2D eigenvalue weighted by Crippen LogP contribution is 2.28. The fourth-order valence-electron chi connectivity index (χ4n) is 4.16. The molecule has 0 saturated heterocycles. The molecule has 3 atom stereocenters. The number of nitrogens with zero attached hydrogens (tertiary/aromatic N) is 1. The molecular formula is C31H46N4O7. The van der Waals surface area contributed by atoms with E-state index in [4.69, 9.17) is 21.6 Å². The summed E-state index contributed by atoms with van der Waals surface area (Å²) in [5.41, 5.74) is 5.62. The molecule has 0 heterocycles. The number of carbonyl (C=O) groups excluding carboxylic acids is 5. The van der Waals surface area contributed by atoms with Gasteiger partial charge < -0.3 is 30.7 Å². The minimum Gasteiger partial charge on any atom is -0.466 e. The fraction of sp³-hybridized carbons (Fsp3) is 0.581. The summed E-state index contributed by atoms with van der Waals surface area (Å²) < 4.78 is 10.3. The molecular weight excluding hydrogens is 540 g/mol. The van der Waals surface area contributed by atoms with Crippen LogP contribution in [0.4, 0.5) is 4.79 Å². The molecule has 4 amide bonds. The molecule has 0 aromatic heterocycles. The van der Waals surface area contributed by atoms with E-state index < -0.39 is 59.9 Å². The zero-order valence-corrected chi connectivity index (χ0v) is 25.8. The average molecular weight is 587 g/mol. The Morgan fingerprint density at radius 2 is 1.67 bits per heavy atom. The molecule has 1 rings (SSSR count). The second kappa shape index (κ2) is 17.0. The molecule has 0 bridgehead atoms. The van der Waals surface area contributed by atoms with E-state index in [0.717, 1.165) is 6.42 Å². The van der Waals surface area contributed by atoms with Crippen molar-refractivity contribution in [1.29, 1.82) is 0 Å². The first kappa shape index (κ1) is 36.0. The topological polar surface area (TPSA) is 157 Å². The lowest BCUT2D eigenvalue weighted by Gasteiger charge is -2.38. The molecule has 0 spiro atoms. The van der Waals surface area contributed by atoms with E-state index in [9.17, 15) is 24.0 Å². The third kappa shape index (κ3) is 12.6. The molecule has 0 aliphatic carbocycles. The molecule has 3 unspecified atom stereocenters. The lowest BCUT2D eigenvalue weighted by atomic mass is 9.96. The van der Waals surface area contributed by atoms with Crippen molar-refractivity contribution in [2.24, 2.45) is 11.7 Å². The number of alkyl carbamates (subject to hydrolysis) is 1. The summed E-state index contributed by atoms with van der Waals surface area (Å²) in [5.74, 6) is 0.268. The van der Waals surface area contributed by atoms with E-state index in [0.29, 0.717) is 23.5 Å². The Labute approximate surface area is 249 Å². The van der Waals surface area contributed by atoms with Gasteiger partial charge in [0.15, 0.2) is 0 Å². The molecule has 11 nitrogen and oxygen atoms in total. The van der Waals surface area contributed by atoms with Crippen molar-refractivity contribution >= 4 is 29.8 Å². The minimum absolute atomic E-state index is 0.0279. The number of nitrogens with two attached hydrogens (primary N) is 1. The average Bonchev–Trinajstić information content (AvgIpc) is 2.88. The van der Waals surface area contributed by atoms with Crippen LogP contribution >= 0.6 is 0 Å². The predicted octanol–water partition coefficient (Wildman–Crippen LogP) is 3.20. The van der Waals surface area contributed by atoms with Crippen molar-refractivity contribution in [2.75, 3.05) is 13.2 Å². The summed E-state index contributed by atoms with van der Waals surface area (Å²) in [7, 11) is 0. The van der Waals surface area contributed by atoms with Gasteiger partial charge in [0.2, 0.25) is 17.7 Å². The number of esters is 1. The van der Waals surface area contributed by atoms with Crippen LogP contribution in [0, 0.1) is 18.3 Å². The van der Waals surface area contributed by atoms with Crippen LogP contribution in [0.3, 0.4) is 0 Å². The van der Waals surface area contributed by atoms with Crippen LogP contribution in [-0.4, -0.2) is 65.5 Å². The summed E-state index contributed by atoms with van der Waals surface area (Å²) in [4.78, 5) is 65.9. The van der Waals surface area contributed by atoms with E-state index in [2.05, 4.69) is 16.6 Å². The van der Waals surface area contributed by atoms with Gasteiger partial charge in [-0.25, -0.2) is 4.79 Å². The lowest BCUT2D eigenvalue weighted by Crippen LogP contribution is -2.56. The second-order valence-electron chi connectivity index (χ2n) is 11.4. The maximum atomic E-state index is 14.2. The Kier molecular flexibility index (Phi) is 14.6. The number of primary amides is 1.